The minimum Gasteiger partial charge on any atom is -0.457 e. The van der Waals surface area contributed by atoms with E-state index in [1.165, 1.54) is 4.90 Å². The monoisotopic (exact) mass is 344 g/mol. The van der Waals surface area contributed by atoms with E-state index in [1.807, 2.05) is 24.3 Å². The van der Waals surface area contributed by atoms with Crippen LogP contribution in [0.2, 0.25) is 5.02 Å². The molecule has 0 spiro atoms. The molecule has 4 nitrogen and oxygen atoms in total. The van der Waals surface area contributed by atoms with Gasteiger partial charge in [0.1, 0.15) is 17.2 Å². The number of carbonyl (C=O) groups excluding carboxylic acids is 1. The normalized spacial score (nSPS) is 16.0. The van der Waals surface area contributed by atoms with Crippen LogP contribution in [0.25, 0.3) is 17.4 Å². The van der Waals surface area contributed by atoms with Crippen molar-refractivity contribution < 1.29 is 9.21 Å². The topological polar surface area (TPSA) is 45.5 Å². The van der Waals surface area contributed by atoms with E-state index in [-0.39, 0.29) is 5.91 Å². The van der Waals surface area contributed by atoms with Crippen LogP contribution in [-0.4, -0.2) is 22.5 Å². The summed E-state index contributed by atoms with van der Waals surface area (Å²) in [5, 5.41) is 3.85. The number of nitrogens with zero attached hydrogens (tertiary/aromatic N) is 1. The van der Waals surface area contributed by atoms with Crippen molar-refractivity contribution in [3.63, 3.8) is 0 Å². The third kappa shape index (κ3) is 3.06. The van der Waals surface area contributed by atoms with Crippen LogP contribution in [0.5, 0.6) is 0 Å². The van der Waals surface area contributed by atoms with Gasteiger partial charge in [0, 0.05) is 18.2 Å². The number of carbonyl (C=O) groups is 1. The zero-order valence-corrected chi connectivity index (χ0v) is 13.7. The van der Waals surface area contributed by atoms with E-state index in [0.717, 1.165) is 5.56 Å². The summed E-state index contributed by atoms with van der Waals surface area (Å²) in [7, 11) is 0. The highest BCUT2D eigenvalue weighted by atomic mass is 35.5. The van der Waals surface area contributed by atoms with Crippen LogP contribution in [0.4, 0.5) is 0 Å². The third-order valence-electron chi connectivity index (χ3n) is 3.33. The Kier molecular flexibility index (Phi) is 4.32. The fraction of sp³-hybridized carbons (Fsp3) is 0.0588. The van der Waals surface area contributed by atoms with Gasteiger partial charge in [-0.25, -0.2) is 0 Å². The lowest BCUT2D eigenvalue weighted by Crippen LogP contribution is -2.30. The molecule has 0 unspecified atom stereocenters. The lowest BCUT2D eigenvalue weighted by atomic mass is 10.2. The molecule has 0 atom stereocenters. The number of hydrogen-bond acceptors (Lipinski definition) is 3. The van der Waals surface area contributed by atoms with Gasteiger partial charge < -0.3 is 9.73 Å². The molecule has 1 aromatic heterocycles. The van der Waals surface area contributed by atoms with E-state index in [1.54, 1.807) is 24.3 Å². The van der Waals surface area contributed by atoms with Crippen molar-refractivity contribution in [2.45, 2.75) is 0 Å². The zero-order chi connectivity index (χ0) is 16.4. The Bertz CT molecular complexity index is 826. The second kappa shape index (κ2) is 6.40. The molecule has 1 aromatic carbocycles. The predicted molar refractivity (Wildman–Crippen MR) is 94.8 cm³/mol. The highest BCUT2D eigenvalue weighted by Gasteiger charge is 2.29. The van der Waals surface area contributed by atoms with Gasteiger partial charge in [-0.3, -0.25) is 9.69 Å². The standard InChI is InChI=1S/C17H13ClN2O2S/c1-2-9-20-16(21)14(19-17(20)23)10-11-7-8-15(22-11)12-5-3-4-6-13(12)18/h2-8,10H,1,9H2,(H,19,23)/b14-10-. The largest absolute Gasteiger partial charge is 0.457 e. The Hall–Kier alpha value is -2.37. The van der Waals surface area contributed by atoms with Gasteiger partial charge in [0.15, 0.2) is 5.11 Å². The molecule has 1 amide bonds. The second-order valence-corrected chi connectivity index (χ2v) is 5.67. The Morgan fingerprint density at radius 3 is 2.83 bits per heavy atom. The second-order valence-electron chi connectivity index (χ2n) is 4.87. The number of nitrogens with one attached hydrogen (secondary N) is 1. The van der Waals surface area contributed by atoms with Crippen molar-refractivity contribution in [3.05, 3.63) is 65.5 Å². The summed E-state index contributed by atoms with van der Waals surface area (Å²) in [6.07, 6.45) is 3.25. The molecule has 0 aliphatic carbocycles. The number of furan rings is 1. The average Bonchev–Trinajstić information content (AvgIpc) is 3.09. The van der Waals surface area contributed by atoms with E-state index in [2.05, 4.69) is 11.9 Å². The van der Waals surface area contributed by atoms with Crippen molar-refractivity contribution in [1.82, 2.24) is 10.2 Å². The molecule has 2 aromatic rings. The summed E-state index contributed by atoms with van der Waals surface area (Å²) in [5.74, 6) is 0.975. The van der Waals surface area contributed by atoms with E-state index >= 15 is 0 Å². The smallest absolute Gasteiger partial charge is 0.276 e. The summed E-state index contributed by atoms with van der Waals surface area (Å²) in [5.41, 5.74) is 1.17. The molecule has 1 fully saturated rings. The first-order chi connectivity index (χ1) is 11.1. The summed E-state index contributed by atoms with van der Waals surface area (Å²) in [6, 6.07) is 11.0. The van der Waals surface area contributed by atoms with E-state index in [0.29, 0.717) is 33.9 Å². The molecule has 0 radical (unpaired) electrons. The summed E-state index contributed by atoms with van der Waals surface area (Å²) in [6.45, 7) is 3.98. The van der Waals surface area contributed by atoms with Crippen LogP contribution in [0, 0.1) is 0 Å². The highest BCUT2D eigenvalue weighted by Crippen LogP contribution is 2.29. The minimum atomic E-state index is -0.203. The maximum Gasteiger partial charge on any atom is 0.276 e. The molecule has 0 saturated carbocycles. The van der Waals surface area contributed by atoms with Crippen LogP contribution in [0.15, 0.2) is 59.2 Å². The molecular formula is C17H13ClN2O2S. The van der Waals surface area contributed by atoms with Gasteiger partial charge in [-0.05, 0) is 36.5 Å². The summed E-state index contributed by atoms with van der Waals surface area (Å²) >= 11 is 11.3. The first-order valence-electron chi connectivity index (χ1n) is 6.90. The maximum atomic E-state index is 12.2. The predicted octanol–water partition coefficient (Wildman–Crippen LogP) is 3.84. The van der Waals surface area contributed by atoms with Gasteiger partial charge in [0.2, 0.25) is 0 Å². The van der Waals surface area contributed by atoms with Crippen molar-refractivity contribution in [1.29, 1.82) is 0 Å². The fourth-order valence-corrected chi connectivity index (χ4v) is 2.74. The van der Waals surface area contributed by atoms with E-state index in [9.17, 15) is 4.79 Å². The van der Waals surface area contributed by atoms with Gasteiger partial charge in [-0.15, -0.1) is 6.58 Å². The van der Waals surface area contributed by atoms with Crippen LogP contribution in [0.1, 0.15) is 5.76 Å². The zero-order valence-electron chi connectivity index (χ0n) is 12.1. The van der Waals surface area contributed by atoms with Gasteiger partial charge >= 0.3 is 0 Å². The minimum absolute atomic E-state index is 0.203. The van der Waals surface area contributed by atoms with Crippen molar-refractivity contribution in [3.8, 4) is 11.3 Å². The van der Waals surface area contributed by atoms with Gasteiger partial charge in [0.05, 0.1) is 5.02 Å². The van der Waals surface area contributed by atoms with Crippen LogP contribution in [-0.2, 0) is 4.79 Å². The summed E-state index contributed by atoms with van der Waals surface area (Å²) in [4.78, 5) is 13.7. The summed E-state index contributed by atoms with van der Waals surface area (Å²) < 4.78 is 5.76. The Morgan fingerprint density at radius 2 is 2.09 bits per heavy atom. The average molecular weight is 345 g/mol. The Morgan fingerprint density at radius 1 is 1.30 bits per heavy atom. The Balaban J connectivity index is 1.87. The lowest BCUT2D eigenvalue weighted by molar-refractivity contribution is -0.122. The molecule has 2 heterocycles. The van der Waals surface area contributed by atoms with Crippen LogP contribution >= 0.6 is 23.8 Å². The SMILES string of the molecule is C=CCN1C(=O)/C(=C/c2ccc(-c3ccccc3Cl)o2)NC1=S. The molecule has 1 N–H and O–H groups in total. The molecule has 116 valence electrons. The number of rotatable bonds is 4. The molecule has 0 bridgehead atoms. The number of hydrogen-bond donors (Lipinski definition) is 1. The Labute approximate surface area is 144 Å². The molecule has 3 rings (SSSR count). The van der Waals surface area contributed by atoms with Crippen molar-refractivity contribution >= 4 is 40.9 Å². The highest BCUT2D eigenvalue weighted by molar-refractivity contribution is 7.80. The molecule has 1 aliphatic heterocycles. The fourth-order valence-electron chi connectivity index (χ4n) is 2.24. The van der Waals surface area contributed by atoms with Crippen LogP contribution in [0.3, 0.4) is 0 Å². The van der Waals surface area contributed by atoms with Gasteiger partial charge in [0.25, 0.3) is 5.91 Å². The van der Waals surface area contributed by atoms with E-state index in [4.69, 9.17) is 28.2 Å². The maximum absolute atomic E-state index is 12.2. The molecule has 1 aliphatic rings. The van der Waals surface area contributed by atoms with Crippen molar-refractivity contribution in [2.24, 2.45) is 0 Å². The number of halogens is 1. The van der Waals surface area contributed by atoms with E-state index < -0.39 is 0 Å². The number of amides is 1. The lowest BCUT2D eigenvalue weighted by Gasteiger charge is -2.09. The van der Waals surface area contributed by atoms with Gasteiger partial charge in [-0.1, -0.05) is 29.8 Å². The molecule has 23 heavy (non-hydrogen) atoms. The first kappa shape index (κ1) is 15.5. The first-order valence-corrected chi connectivity index (χ1v) is 7.69. The quantitative estimate of drug-likeness (QED) is 0.520. The number of thiocarbonyl (C=S) groups is 1. The third-order valence-corrected chi connectivity index (χ3v) is 3.98. The van der Waals surface area contributed by atoms with Gasteiger partial charge in [-0.2, -0.15) is 0 Å². The molecule has 1 saturated heterocycles. The van der Waals surface area contributed by atoms with Crippen molar-refractivity contribution in [2.75, 3.05) is 6.54 Å². The molecule has 6 heteroatoms. The molecular weight excluding hydrogens is 332 g/mol. The van der Waals surface area contributed by atoms with Crippen LogP contribution < -0.4 is 5.32 Å². The number of benzene rings is 1.